The summed E-state index contributed by atoms with van der Waals surface area (Å²) in [7, 11) is 0. The second-order valence-corrected chi connectivity index (χ2v) is 49.0. The van der Waals surface area contributed by atoms with Gasteiger partial charge in [0.05, 0.1) is 41.8 Å². The van der Waals surface area contributed by atoms with E-state index in [9.17, 15) is 20.4 Å². The molecule has 0 aliphatic rings. The first-order valence-electron chi connectivity index (χ1n) is 50.3. The molecule has 12 aromatic carbocycles. The summed E-state index contributed by atoms with van der Waals surface area (Å²) in [5, 5.41) is 55.1. The van der Waals surface area contributed by atoms with E-state index in [0.717, 1.165) is 157 Å². The Kier molecular flexibility index (Phi) is 42.5. The van der Waals surface area contributed by atoms with Gasteiger partial charge in [-0.05, 0) is 183 Å². The zero-order valence-corrected chi connectivity index (χ0v) is 100. The summed E-state index contributed by atoms with van der Waals surface area (Å²) >= 11 is 6.35. The molecule has 14 heteroatoms. The number of aliphatic hydroxyl groups is 4. The van der Waals surface area contributed by atoms with Gasteiger partial charge in [0.1, 0.15) is 23.0 Å². The molecule has 0 amide bonds. The van der Waals surface area contributed by atoms with Crippen LogP contribution in [0.15, 0.2) is 313 Å². The van der Waals surface area contributed by atoms with Crippen molar-refractivity contribution in [2.45, 2.75) is 235 Å². The van der Waals surface area contributed by atoms with E-state index in [2.05, 4.69) is 312 Å². The Hall–Kier alpha value is -10.9. The zero-order chi connectivity index (χ0) is 105. The number of thiophene rings is 4. The molecule has 0 bridgehead atoms. The van der Waals surface area contributed by atoms with E-state index in [0.29, 0.717) is 49.4 Å². The van der Waals surface area contributed by atoms with Crippen molar-refractivity contribution in [2.24, 2.45) is 0 Å². The largest absolute Gasteiger partial charge is 0.582 e. The normalized spacial score (nSPS) is 11.6. The number of para-hydroxylation sites is 4. The standard InChI is InChI=1S/2C52H62O4S2.4C7H7.Hf.Zr/c2*1-49(2,3)35-25-33(26-36(29-35)50(4,5)6)47-45(53)41(31-57-47)39-19-13-15-21-43(39)55-23-17-18-24-56-44-22-16-14-20-40(44)42-32-58-48(46(42)54)34-27-37(51(7,8)9)30-38(28-34)52(10,11)12;4*1-7-5-3-2-4-6-7;;/h2*13-16,19-22,25-32,53-54H,17-18,23-24H2,1-12H3;4*2-6H,1H2;;/q;;4*-1;;/p+4. The van der Waals surface area contributed by atoms with Gasteiger partial charge in [0.25, 0.3) is 23.0 Å². The van der Waals surface area contributed by atoms with Gasteiger partial charge in [-0.25, -0.2) is 0 Å². The fraction of sp³-hybridized carbons (Fsp3) is 0.303. The Bertz CT molecular complexity index is 5860. The molecular formula is C132H156HfO8S4Zr. The van der Waals surface area contributed by atoms with Gasteiger partial charge in [-0.2, -0.15) is 98.5 Å². The molecule has 0 saturated heterocycles. The maximum atomic E-state index is 11.7. The molecule has 0 aliphatic heterocycles. The van der Waals surface area contributed by atoms with Crippen molar-refractivity contribution in [1.29, 1.82) is 0 Å². The average molecular weight is 2270 g/mol. The van der Waals surface area contributed by atoms with Crippen molar-refractivity contribution in [1.82, 2.24) is 0 Å². The second kappa shape index (κ2) is 52.3. The molecule has 4 aromatic heterocycles. The molecule has 8 nitrogen and oxygen atoms in total. The monoisotopic (exact) mass is 2270 g/mol. The predicted octanol–water partition coefficient (Wildman–Crippen LogP) is 37.6. The van der Waals surface area contributed by atoms with Crippen LogP contribution in [-0.2, 0) is 95.4 Å². The van der Waals surface area contributed by atoms with Crippen molar-refractivity contribution in [2.75, 3.05) is 26.4 Å². The summed E-state index contributed by atoms with van der Waals surface area (Å²) < 4.78 is 20.1. The maximum absolute atomic E-state index is 11.7. The van der Waals surface area contributed by atoms with Gasteiger partial charge in [0.15, 0.2) is 26.4 Å². The Morgan fingerprint density at radius 3 is 0.486 bits per heavy atom. The molecule has 0 unspecified atom stereocenters. The predicted molar refractivity (Wildman–Crippen MR) is 625 cm³/mol. The van der Waals surface area contributed by atoms with Gasteiger partial charge >= 0.3 is 0 Å². The van der Waals surface area contributed by atoms with Crippen molar-refractivity contribution < 1.29 is 91.4 Å². The fourth-order valence-corrected chi connectivity index (χ4v) is 19.8. The van der Waals surface area contributed by atoms with Crippen LogP contribution in [0.5, 0.6) is 46.0 Å². The third kappa shape index (κ3) is 33.5. The second-order valence-electron chi connectivity index (χ2n) is 45.5. The van der Waals surface area contributed by atoms with Gasteiger partial charge in [-0.3, -0.25) is 0 Å². The van der Waals surface area contributed by atoms with E-state index >= 15 is 0 Å². The van der Waals surface area contributed by atoms with Crippen LogP contribution < -0.4 is 0 Å². The van der Waals surface area contributed by atoms with Crippen molar-refractivity contribution in [3.05, 3.63) is 407 Å². The minimum absolute atomic E-state index is 0. The fourth-order valence-electron chi connectivity index (χ4n) is 16.0. The Morgan fingerprint density at radius 1 is 0.205 bits per heavy atom. The molecule has 4 heterocycles. The van der Waals surface area contributed by atoms with Gasteiger partial charge in [-0.1, -0.05) is 263 Å². The number of aromatic hydroxyl groups is 8. The molecule has 16 aromatic rings. The van der Waals surface area contributed by atoms with Crippen molar-refractivity contribution in [3.8, 4) is 132 Å². The molecule has 0 aliphatic carbocycles. The first-order chi connectivity index (χ1) is 67.8. The van der Waals surface area contributed by atoms with E-state index in [4.69, 9.17) is 18.9 Å². The third-order valence-electron chi connectivity index (χ3n) is 25.2. The summed E-state index contributed by atoms with van der Waals surface area (Å²) in [4.78, 5) is 3.55. The smallest absolute Gasteiger partial charge is 0.262 e. The molecule has 16 rings (SSSR count). The summed E-state index contributed by atoms with van der Waals surface area (Å²) in [6, 6.07) is 99.1. The summed E-state index contributed by atoms with van der Waals surface area (Å²) in [6.07, 6.45) is 3.52. The minimum atomic E-state index is -0.0124. The van der Waals surface area contributed by atoms with Crippen LogP contribution in [0.3, 0.4) is 0 Å². The topological polar surface area (TPSA) is 132 Å². The molecule has 0 fully saturated rings. The zero-order valence-electron chi connectivity index (χ0n) is 90.7. The molecule has 146 heavy (non-hydrogen) atoms. The van der Waals surface area contributed by atoms with Crippen LogP contribution in [-0.4, -0.2) is 65.8 Å². The summed E-state index contributed by atoms with van der Waals surface area (Å²) in [5.41, 5.74) is 25.6. The van der Waals surface area contributed by atoms with Crippen LogP contribution in [0.25, 0.3) is 86.3 Å². The van der Waals surface area contributed by atoms with E-state index in [-0.39, 0.29) is 95.4 Å². The number of benzene rings is 12. The number of hydrogen-bond donors (Lipinski definition) is 4. The molecular weight excluding hydrogens is 2110 g/mol. The minimum Gasteiger partial charge on any atom is -0.582 e. The van der Waals surface area contributed by atoms with Gasteiger partial charge in [0.2, 0.25) is 0 Å². The average Bonchev–Trinajstić information content (AvgIpc) is 1.37. The van der Waals surface area contributed by atoms with Gasteiger partial charge < -0.3 is 39.4 Å². The van der Waals surface area contributed by atoms with E-state index in [1.54, 1.807) is 45.3 Å². The Balaban J connectivity index is 0.000000252. The van der Waals surface area contributed by atoms with Crippen LogP contribution >= 0.6 is 45.3 Å². The number of unbranched alkanes of at least 4 members (excludes halogenated alkanes) is 2. The van der Waals surface area contributed by atoms with Crippen molar-refractivity contribution >= 4 is 45.3 Å². The van der Waals surface area contributed by atoms with Crippen LogP contribution in [0.2, 0.25) is 0 Å². The number of hydrogen-bond acceptors (Lipinski definition) is 8. The molecule has 0 radical (unpaired) electrons. The molecule has 764 valence electrons. The first-order valence-corrected chi connectivity index (χ1v) is 53.8. The summed E-state index contributed by atoms with van der Waals surface area (Å²) in [6.45, 7) is 71.3. The van der Waals surface area contributed by atoms with E-state index in [1.165, 1.54) is 44.5 Å². The first kappa shape index (κ1) is 119. The molecule has 0 spiro atoms. The van der Waals surface area contributed by atoms with Crippen LogP contribution in [0, 0.1) is 27.7 Å². The van der Waals surface area contributed by atoms with Crippen LogP contribution in [0.4, 0.5) is 0 Å². The van der Waals surface area contributed by atoms with E-state index < -0.39 is 0 Å². The SMILES string of the molecule is CC(C)(C)c1cc(-c2scc(-c3ccccc3[OH+]CCCC[OH+]c3ccccc3-c3csc(-c4cc(C(C)(C)C)cc(C(C)(C)C)c4)c3O)c2O)cc(C(C)(C)C)c1.CC(C)(C)c1cc(-c2scc(-c3ccccc3[OH+]CCCC[OH+]c3ccccc3-c3csc(-c4cc(C(C)(C)C)cc(C(C)(C)C)c4)c3O)c2O)cc(C(C)(C)C)c1.[CH2-]c1ccccc1.[CH2-]c1ccccc1.[CH2-]c1ccccc1.[CH2-]c1ccccc1.[Hf].[Zr]. The van der Waals surface area contributed by atoms with Crippen molar-refractivity contribution in [3.63, 3.8) is 0 Å². The molecule has 0 atom stereocenters. The number of ether oxygens (including phenoxy) is 4. The quantitative estimate of drug-likeness (QED) is 0.0233. The van der Waals surface area contributed by atoms with Gasteiger partial charge in [-0.15, -0.1) is 93.9 Å². The maximum Gasteiger partial charge on any atom is 0.262 e. The third-order valence-corrected chi connectivity index (χ3v) is 29.3. The number of rotatable bonds is 22. The Morgan fingerprint density at radius 2 is 0.349 bits per heavy atom. The molecule has 0 saturated carbocycles. The van der Waals surface area contributed by atoms with Gasteiger partial charge in [0, 0.05) is 146 Å². The van der Waals surface area contributed by atoms with E-state index in [1.807, 2.05) is 194 Å². The summed E-state index contributed by atoms with van der Waals surface area (Å²) in [5.74, 6) is 4.79. The van der Waals surface area contributed by atoms with Crippen LogP contribution in [0.1, 0.15) is 259 Å². The Labute approximate surface area is 929 Å². The molecule has 8 N–H and O–H groups in total.